The van der Waals surface area contributed by atoms with E-state index in [9.17, 15) is 19.5 Å². The summed E-state index contributed by atoms with van der Waals surface area (Å²) in [4.78, 5) is 36.8. The molecule has 0 bridgehead atoms. The number of carbonyl (C=O) groups is 3. The molecule has 3 atom stereocenters. The number of ether oxygens (including phenoxy) is 1. The molecule has 2 amide bonds. The van der Waals surface area contributed by atoms with Gasteiger partial charge in [-0.05, 0) is 38.2 Å². The van der Waals surface area contributed by atoms with Crippen LogP contribution in [0.4, 0.5) is 0 Å². The molecule has 0 radical (unpaired) electrons. The summed E-state index contributed by atoms with van der Waals surface area (Å²) >= 11 is 0. The molecule has 1 aromatic carbocycles. The van der Waals surface area contributed by atoms with Gasteiger partial charge in [0.25, 0.3) is 0 Å². The van der Waals surface area contributed by atoms with Gasteiger partial charge in [0.05, 0.1) is 24.6 Å². The summed E-state index contributed by atoms with van der Waals surface area (Å²) in [6.07, 6.45) is 5.87. The number of hydrogen-bond acceptors (Lipinski definition) is 5. The number of benzene rings is 1. The SMILES string of the molecule is C=CCCCC(=O)OC[C@H](C)NC(=O)[C@H](CC=C)CC(=O)N[C@H](CO)Cc1ccccc1. The predicted octanol–water partition coefficient (Wildman–Crippen LogP) is 2.69. The van der Waals surface area contributed by atoms with Gasteiger partial charge >= 0.3 is 5.97 Å². The van der Waals surface area contributed by atoms with E-state index in [2.05, 4.69) is 23.8 Å². The van der Waals surface area contributed by atoms with Crippen molar-refractivity contribution >= 4 is 17.8 Å². The van der Waals surface area contributed by atoms with Gasteiger partial charge in [0.15, 0.2) is 0 Å². The maximum Gasteiger partial charge on any atom is 0.305 e. The number of aliphatic hydroxyl groups excluding tert-OH is 1. The molecule has 0 aliphatic heterocycles. The second-order valence-electron chi connectivity index (χ2n) is 7.84. The van der Waals surface area contributed by atoms with E-state index >= 15 is 0 Å². The molecular formula is C25H36N2O5. The smallest absolute Gasteiger partial charge is 0.305 e. The molecule has 0 saturated carbocycles. The van der Waals surface area contributed by atoms with Crippen molar-refractivity contribution in [3.8, 4) is 0 Å². The number of amides is 2. The van der Waals surface area contributed by atoms with E-state index in [1.807, 2.05) is 30.3 Å². The number of esters is 1. The minimum absolute atomic E-state index is 0.0306. The second kappa shape index (κ2) is 15.8. The Morgan fingerprint density at radius 3 is 2.47 bits per heavy atom. The molecule has 0 aliphatic carbocycles. The minimum atomic E-state index is -0.602. The monoisotopic (exact) mass is 444 g/mol. The molecule has 0 fully saturated rings. The van der Waals surface area contributed by atoms with Crippen molar-refractivity contribution in [2.24, 2.45) is 5.92 Å². The third-order valence-corrected chi connectivity index (χ3v) is 4.84. The molecular weight excluding hydrogens is 408 g/mol. The first-order chi connectivity index (χ1) is 15.4. The van der Waals surface area contributed by atoms with Crippen LogP contribution < -0.4 is 10.6 Å². The van der Waals surface area contributed by atoms with Crippen LogP contribution in [0.3, 0.4) is 0 Å². The first-order valence-corrected chi connectivity index (χ1v) is 11.0. The molecule has 32 heavy (non-hydrogen) atoms. The fourth-order valence-corrected chi connectivity index (χ4v) is 3.14. The highest BCUT2D eigenvalue weighted by molar-refractivity contribution is 5.86. The van der Waals surface area contributed by atoms with E-state index < -0.39 is 12.0 Å². The maximum absolute atomic E-state index is 12.6. The molecule has 0 aromatic heterocycles. The van der Waals surface area contributed by atoms with Gasteiger partial charge in [-0.3, -0.25) is 14.4 Å². The third-order valence-electron chi connectivity index (χ3n) is 4.84. The van der Waals surface area contributed by atoms with Gasteiger partial charge < -0.3 is 20.5 Å². The zero-order valence-corrected chi connectivity index (χ0v) is 18.9. The number of carbonyl (C=O) groups excluding carboxylic acids is 3. The molecule has 7 heteroatoms. The van der Waals surface area contributed by atoms with E-state index in [1.54, 1.807) is 19.1 Å². The average Bonchev–Trinajstić information content (AvgIpc) is 2.77. The molecule has 1 rings (SSSR count). The lowest BCUT2D eigenvalue weighted by Gasteiger charge is -2.21. The van der Waals surface area contributed by atoms with E-state index in [0.29, 0.717) is 25.7 Å². The van der Waals surface area contributed by atoms with Gasteiger partial charge in [0.2, 0.25) is 11.8 Å². The Balaban J connectivity index is 2.51. The largest absolute Gasteiger partial charge is 0.464 e. The summed E-state index contributed by atoms with van der Waals surface area (Å²) in [5.41, 5.74) is 1.00. The van der Waals surface area contributed by atoms with E-state index in [1.165, 1.54) is 0 Å². The van der Waals surface area contributed by atoms with Crippen LogP contribution in [-0.4, -0.2) is 48.2 Å². The summed E-state index contributed by atoms with van der Waals surface area (Å²) < 4.78 is 5.18. The number of allylic oxidation sites excluding steroid dienone is 2. The van der Waals surface area contributed by atoms with Crippen LogP contribution in [0.2, 0.25) is 0 Å². The van der Waals surface area contributed by atoms with Crippen molar-refractivity contribution in [2.75, 3.05) is 13.2 Å². The van der Waals surface area contributed by atoms with Crippen LogP contribution in [0.25, 0.3) is 0 Å². The number of unbranched alkanes of at least 4 members (excludes halogenated alkanes) is 1. The molecule has 0 heterocycles. The van der Waals surface area contributed by atoms with Gasteiger partial charge in [-0.15, -0.1) is 13.2 Å². The first kappa shape index (κ1) is 27.1. The van der Waals surface area contributed by atoms with E-state index in [-0.39, 0.29) is 43.5 Å². The third kappa shape index (κ3) is 11.5. The van der Waals surface area contributed by atoms with Gasteiger partial charge in [-0.1, -0.05) is 42.5 Å². The van der Waals surface area contributed by atoms with Crippen LogP contribution in [0.5, 0.6) is 0 Å². The zero-order chi connectivity index (χ0) is 23.8. The maximum atomic E-state index is 12.6. The molecule has 0 aliphatic rings. The highest BCUT2D eigenvalue weighted by atomic mass is 16.5. The number of aliphatic hydroxyl groups is 1. The van der Waals surface area contributed by atoms with E-state index in [0.717, 1.165) is 12.0 Å². The summed E-state index contributed by atoms with van der Waals surface area (Å²) in [5, 5.41) is 15.2. The normalized spacial score (nSPS) is 13.3. The van der Waals surface area contributed by atoms with Crippen molar-refractivity contribution in [2.45, 2.75) is 57.5 Å². The molecule has 0 saturated heterocycles. The number of nitrogens with one attached hydrogen (secondary N) is 2. The Bertz CT molecular complexity index is 735. The van der Waals surface area contributed by atoms with Crippen molar-refractivity contribution in [3.63, 3.8) is 0 Å². The van der Waals surface area contributed by atoms with Crippen LogP contribution in [0.15, 0.2) is 55.6 Å². The minimum Gasteiger partial charge on any atom is -0.464 e. The van der Waals surface area contributed by atoms with Crippen LogP contribution in [-0.2, 0) is 25.5 Å². The van der Waals surface area contributed by atoms with Gasteiger partial charge in [-0.2, -0.15) is 0 Å². The molecule has 3 N–H and O–H groups in total. The average molecular weight is 445 g/mol. The topological polar surface area (TPSA) is 105 Å². The summed E-state index contributed by atoms with van der Waals surface area (Å²) in [5.74, 6) is -1.54. The Labute approximate surface area is 190 Å². The summed E-state index contributed by atoms with van der Waals surface area (Å²) in [6, 6.07) is 8.74. The zero-order valence-electron chi connectivity index (χ0n) is 18.9. The Morgan fingerprint density at radius 1 is 1.12 bits per heavy atom. The van der Waals surface area contributed by atoms with E-state index in [4.69, 9.17) is 4.74 Å². The summed E-state index contributed by atoms with van der Waals surface area (Å²) in [6.45, 7) is 8.88. The predicted molar refractivity (Wildman–Crippen MR) is 125 cm³/mol. The molecule has 7 nitrogen and oxygen atoms in total. The quantitative estimate of drug-likeness (QED) is 0.207. The van der Waals surface area contributed by atoms with Gasteiger partial charge in [-0.25, -0.2) is 0 Å². The lowest BCUT2D eigenvalue weighted by molar-refractivity contribution is -0.145. The Morgan fingerprint density at radius 2 is 1.84 bits per heavy atom. The molecule has 0 unspecified atom stereocenters. The second-order valence-corrected chi connectivity index (χ2v) is 7.84. The molecule has 0 spiro atoms. The number of hydrogen-bond donors (Lipinski definition) is 3. The molecule has 1 aromatic rings. The highest BCUT2D eigenvalue weighted by Gasteiger charge is 2.23. The lowest BCUT2D eigenvalue weighted by atomic mass is 9.98. The van der Waals surface area contributed by atoms with Crippen LogP contribution >= 0.6 is 0 Å². The molecule has 176 valence electrons. The van der Waals surface area contributed by atoms with Crippen LogP contribution in [0.1, 0.15) is 44.6 Å². The fourth-order valence-electron chi connectivity index (χ4n) is 3.14. The van der Waals surface area contributed by atoms with Crippen molar-refractivity contribution in [1.29, 1.82) is 0 Å². The number of rotatable bonds is 16. The highest BCUT2D eigenvalue weighted by Crippen LogP contribution is 2.11. The standard InChI is InChI=1S/C25H36N2O5/c1-4-6-8-14-24(30)32-18-19(3)26-25(31)21(11-5-2)16-23(29)27-22(17-28)15-20-12-9-7-10-13-20/h4-5,7,9-10,12-13,19,21-22,28H,1-2,6,8,11,14-18H2,3H3,(H,26,31)(H,27,29)/t19-,21+,22-/m0/s1. The Kier molecular flexibility index (Phi) is 13.4. The first-order valence-electron chi connectivity index (χ1n) is 11.0. The fraction of sp³-hybridized carbons (Fsp3) is 0.480. The van der Waals surface area contributed by atoms with Gasteiger partial charge in [0, 0.05) is 12.8 Å². The van der Waals surface area contributed by atoms with Crippen molar-refractivity contribution in [3.05, 3.63) is 61.2 Å². The van der Waals surface area contributed by atoms with Crippen LogP contribution in [0, 0.1) is 5.92 Å². The summed E-state index contributed by atoms with van der Waals surface area (Å²) in [7, 11) is 0. The van der Waals surface area contributed by atoms with Crippen molar-refractivity contribution in [1.82, 2.24) is 10.6 Å². The van der Waals surface area contributed by atoms with Gasteiger partial charge in [0.1, 0.15) is 6.61 Å². The lowest BCUT2D eigenvalue weighted by Crippen LogP contribution is -2.44. The Hall–Kier alpha value is -2.93. The van der Waals surface area contributed by atoms with Crippen molar-refractivity contribution < 1.29 is 24.2 Å².